The molecule has 0 heterocycles. The highest BCUT2D eigenvalue weighted by atomic mass is 16.3. The maximum absolute atomic E-state index is 10.8. The van der Waals surface area contributed by atoms with E-state index in [0.717, 1.165) is 54.3 Å². The Bertz CT molecular complexity index is 667. The summed E-state index contributed by atoms with van der Waals surface area (Å²) in [6.07, 6.45) is 18.2. The number of hydrogen-bond acceptors (Lipinski definition) is 1. The van der Waals surface area contributed by atoms with Crippen molar-refractivity contribution in [3.05, 3.63) is 12.7 Å². The van der Waals surface area contributed by atoms with Crippen LogP contribution in [0.4, 0.5) is 0 Å². The van der Waals surface area contributed by atoms with Crippen molar-refractivity contribution in [1.29, 1.82) is 0 Å². The van der Waals surface area contributed by atoms with Gasteiger partial charge in [-0.1, -0.05) is 60.5 Å². The second-order valence-electron chi connectivity index (χ2n) is 14.1. The van der Waals surface area contributed by atoms with Crippen LogP contribution in [0.2, 0.25) is 0 Å². The molecule has 4 rings (SSSR count). The van der Waals surface area contributed by atoms with Crippen molar-refractivity contribution in [1.82, 2.24) is 0 Å². The van der Waals surface area contributed by atoms with Crippen molar-refractivity contribution in [2.24, 2.45) is 64.1 Å². The number of rotatable bonds is 8. The molecule has 0 radical (unpaired) electrons. The summed E-state index contributed by atoms with van der Waals surface area (Å²) in [6, 6.07) is 0. The van der Waals surface area contributed by atoms with Gasteiger partial charge in [-0.2, -0.15) is 0 Å². The van der Waals surface area contributed by atoms with Crippen LogP contribution in [-0.2, 0) is 0 Å². The van der Waals surface area contributed by atoms with Gasteiger partial charge in [0, 0.05) is 0 Å². The largest absolute Gasteiger partial charge is 0.393 e. The van der Waals surface area contributed by atoms with Gasteiger partial charge in [-0.05, 0) is 128 Å². The molecule has 0 saturated heterocycles. The highest BCUT2D eigenvalue weighted by molar-refractivity contribution is 5.11. The fourth-order valence-electron chi connectivity index (χ4n) is 10.7. The maximum atomic E-state index is 10.8. The Hall–Kier alpha value is -0.300. The Morgan fingerprint density at radius 2 is 1.55 bits per heavy atom. The van der Waals surface area contributed by atoms with Crippen LogP contribution < -0.4 is 0 Å². The molecule has 0 aliphatic heterocycles. The third-order valence-electron chi connectivity index (χ3n) is 12.6. The van der Waals surface area contributed by atoms with Crippen LogP contribution >= 0.6 is 0 Å². The van der Waals surface area contributed by atoms with E-state index in [-0.39, 0.29) is 6.10 Å². The van der Waals surface area contributed by atoms with E-state index < -0.39 is 0 Å². The maximum Gasteiger partial charge on any atom is 0.0574 e. The first-order valence-electron chi connectivity index (χ1n) is 15.0. The zero-order valence-corrected chi connectivity index (χ0v) is 23.0. The molecule has 4 aliphatic carbocycles. The van der Waals surface area contributed by atoms with Crippen LogP contribution in [0.25, 0.3) is 0 Å². The Morgan fingerprint density at radius 1 is 0.879 bits per heavy atom. The molecule has 190 valence electrons. The number of hydrogen-bond donors (Lipinski definition) is 1. The third kappa shape index (κ3) is 4.40. The lowest BCUT2D eigenvalue weighted by molar-refractivity contribution is -0.152. The SMILES string of the molecule is C=CC[C@@H]1[C@H](O)CC[C@@]2(C)[C@H]1CC[C@@H]1[C@@H]2CC[C@]2(C)[C@@H]([C@H](C)CC[C@H](CC)C(C)C)CC[C@@H]12. The summed E-state index contributed by atoms with van der Waals surface area (Å²) in [5.41, 5.74) is 1.03. The Balaban J connectivity index is 1.47. The summed E-state index contributed by atoms with van der Waals surface area (Å²) >= 11 is 0. The number of fused-ring (bicyclic) bond motifs is 5. The molecule has 4 fully saturated rings. The van der Waals surface area contributed by atoms with E-state index >= 15 is 0 Å². The van der Waals surface area contributed by atoms with Crippen molar-refractivity contribution in [2.45, 2.75) is 125 Å². The van der Waals surface area contributed by atoms with Crippen LogP contribution in [-0.4, -0.2) is 11.2 Å². The van der Waals surface area contributed by atoms with Gasteiger partial charge in [0.15, 0.2) is 0 Å². The predicted molar refractivity (Wildman–Crippen MR) is 142 cm³/mol. The van der Waals surface area contributed by atoms with E-state index in [9.17, 15) is 5.11 Å². The molecule has 0 unspecified atom stereocenters. The number of allylic oxidation sites excluding steroid dienone is 1. The van der Waals surface area contributed by atoms with Gasteiger partial charge in [0.1, 0.15) is 0 Å². The molecule has 0 spiro atoms. The minimum absolute atomic E-state index is 0.0963. The average Bonchev–Trinajstić information content (AvgIpc) is 3.13. The van der Waals surface area contributed by atoms with Gasteiger partial charge in [0.25, 0.3) is 0 Å². The molecule has 0 aromatic rings. The van der Waals surface area contributed by atoms with Gasteiger partial charge in [-0.15, -0.1) is 6.58 Å². The monoisotopic (exact) mass is 456 g/mol. The third-order valence-corrected chi connectivity index (χ3v) is 12.6. The summed E-state index contributed by atoms with van der Waals surface area (Å²) in [6.45, 7) is 19.3. The minimum atomic E-state index is -0.0963. The highest BCUT2D eigenvalue weighted by Gasteiger charge is 2.61. The zero-order valence-electron chi connectivity index (χ0n) is 23.0. The lowest BCUT2D eigenvalue weighted by Crippen LogP contribution is -2.56. The van der Waals surface area contributed by atoms with Gasteiger partial charge < -0.3 is 5.11 Å². The summed E-state index contributed by atoms with van der Waals surface area (Å²) < 4.78 is 0. The zero-order chi connectivity index (χ0) is 24.0. The molecule has 1 N–H and O–H groups in total. The van der Waals surface area contributed by atoms with Crippen LogP contribution in [0.5, 0.6) is 0 Å². The molecule has 4 aliphatic rings. The normalized spacial score (nSPS) is 46.8. The molecule has 4 saturated carbocycles. The van der Waals surface area contributed by atoms with E-state index in [2.05, 4.69) is 54.2 Å². The molecule has 1 nitrogen and oxygen atoms in total. The van der Waals surface area contributed by atoms with E-state index in [4.69, 9.17) is 0 Å². The van der Waals surface area contributed by atoms with Crippen LogP contribution in [0.1, 0.15) is 119 Å². The lowest BCUT2D eigenvalue weighted by atomic mass is 9.43. The van der Waals surface area contributed by atoms with E-state index in [0.29, 0.717) is 22.7 Å². The quantitative estimate of drug-likeness (QED) is 0.361. The summed E-state index contributed by atoms with van der Waals surface area (Å²) in [4.78, 5) is 0. The molecule has 11 atom stereocenters. The number of aliphatic hydroxyl groups is 1. The standard InChI is InChI=1S/C32H56O/c1-8-10-25-28-14-13-24-27-16-15-26(22(5)11-12-23(9-2)21(3)4)31(27,6)19-17-29(24)32(28,7)20-18-30(25)33/h8,21-30,33H,1,9-20H2,2-7H3/t22-,23+,24+,25+,26-,27+,28+,29+,30-,31-,32+/m1/s1. The van der Waals surface area contributed by atoms with Gasteiger partial charge in [-0.3, -0.25) is 0 Å². The fraction of sp³-hybridized carbons (Fsp3) is 0.938. The summed E-state index contributed by atoms with van der Waals surface area (Å²) in [5.74, 6) is 7.54. The molecule has 0 aromatic heterocycles. The van der Waals surface area contributed by atoms with Crippen LogP contribution in [0.3, 0.4) is 0 Å². The van der Waals surface area contributed by atoms with Crippen molar-refractivity contribution in [3.8, 4) is 0 Å². The summed E-state index contributed by atoms with van der Waals surface area (Å²) in [5, 5.41) is 10.8. The van der Waals surface area contributed by atoms with Crippen molar-refractivity contribution < 1.29 is 5.11 Å². The van der Waals surface area contributed by atoms with Gasteiger partial charge >= 0.3 is 0 Å². The molecule has 0 aromatic carbocycles. The second-order valence-corrected chi connectivity index (χ2v) is 14.1. The fourth-order valence-corrected chi connectivity index (χ4v) is 10.7. The molecular weight excluding hydrogens is 400 g/mol. The first kappa shape index (κ1) is 25.8. The molecule has 1 heteroatoms. The minimum Gasteiger partial charge on any atom is -0.393 e. The molecule has 0 bridgehead atoms. The van der Waals surface area contributed by atoms with Crippen molar-refractivity contribution in [2.75, 3.05) is 0 Å². The predicted octanol–water partition coefficient (Wildman–Crippen LogP) is 8.91. The van der Waals surface area contributed by atoms with Gasteiger partial charge in [0.05, 0.1) is 6.10 Å². The van der Waals surface area contributed by atoms with Crippen molar-refractivity contribution >= 4 is 0 Å². The van der Waals surface area contributed by atoms with E-state index in [1.54, 1.807) is 0 Å². The topological polar surface area (TPSA) is 20.2 Å². The average molecular weight is 457 g/mol. The molecule has 33 heavy (non-hydrogen) atoms. The second kappa shape index (κ2) is 9.99. The Kier molecular flexibility index (Phi) is 7.80. The van der Waals surface area contributed by atoms with E-state index in [1.165, 1.54) is 64.2 Å². The first-order chi connectivity index (χ1) is 15.7. The first-order valence-corrected chi connectivity index (χ1v) is 15.0. The Labute approximate surface area is 206 Å². The van der Waals surface area contributed by atoms with Gasteiger partial charge in [0.2, 0.25) is 0 Å². The van der Waals surface area contributed by atoms with Crippen LogP contribution in [0, 0.1) is 64.1 Å². The van der Waals surface area contributed by atoms with Crippen LogP contribution in [0.15, 0.2) is 12.7 Å². The lowest BCUT2D eigenvalue weighted by Gasteiger charge is -2.62. The Morgan fingerprint density at radius 3 is 2.21 bits per heavy atom. The number of aliphatic hydroxyl groups excluding tert-OH is 1. The molecular formula is C32H56O. The smallest absolute Gasteiger partial charge is 0.0574 e. The summed E-state index contributed by atoms with van der Waals surface area (Å²) in [7, 11) is 0. The van der Waals surface area contributed by atoms with Gasteiger partial charge in [-0.25, -0.2) is 0 Å². The van der Waals surface area contributed by atoms with Crippen molar-refractivity contribution in [3.63, 3.8) is 0 Å². The van der Waals surface area contributed by atoms with E-state index in [1.807, 2.05) is 0 Å². The highest BCUT2D eigenvalue weighted by Crippen LogP contribution is 2.69. The molecule has 0 amide bonds.